The van der Waals surface area contributed by atoms with Crippen molar-refractivity contribution in [2.45, 2.75) is 46.5 Å². The summed E-state index contributed by atoms with van der Waals surface area (Å²) in [6.07, 6.45) is 1.02. The van der Waals surface area contributed by atoms with E-state index in [-0.39, 0.29) is 5.41 Å². The Morgan fingerprint density at radius 3 is 2.43 bits per heavy atom. The lowest BCUT2D eigenvalue weighted by atomic mass is 9.73. The van der Waals surface area contributed by atoms with Crippen LogP contribution in [0.2, 0.25) is 0 Å². The Kier molecular flexibility index (Phi) is 2.90. The van der Waals surface area contributed by atoms with E-state index in [0.29, 0.717) is 0 Å². The van der Waals surface area contributed by atoms with E-state index in [1.165, 1.54) is 27.8 Å². The Morgan fingerprint density at radius 1 is 0.870 bits per heavy atom. The zero-order chi connectivity index (χ0) is 16.4. The van der Waals surface area contributed by atoms with E-state index >= 15 is 0 Å². The number of aromatic nitrogens is 2. The summed E-state index contributed by atoms with van der Waals surface area (Å²) in [7, 11) is 0. The fraction of sp³-hybridized carbons (Fsp3) is 0.333. The summed E-state index contributed by atoms with van der Waals surface area (Å²) in [6.45, 7) is 11.0. The van der Waals surface area contributed by atoms with Gasteiger partial charge in [0.05, 0.1) is 22.4 Å². The SMILES string of the molecule is Cc1cc(C)c2c(c1)CC(C)(C)c1nc3cc(C)ccc3nc1-2. The second-order valence-corrected chi connectivity index (χ2v) is 7.59. The lowest BCUT2D eigenvalue weighted by Crippen LogP contribution is -2.28. The molecule has 0 unspecified atom stereocenters. The molecule has 2 aromatic carbocycles. The van der Waals surface area contributed by atoms with Gasteiger partial charge in [-0.1, -0.05) is 37.6 Å². The van der Waals surface area contributed by atoms with E-state index in [2.05, 4.69) is 65.0 Å². The Labute approximate surface area is 137 Å². The van der Waals surface area contributed by atoms with Gasteiger partial charge in [0.2, 0.25) is 0 Å². The fourth-order valence-corrected chi connectivity index (χ4v) is 3.90. The molecule has 0 fully saturated rings. The maximum absolute atomic E-state index is 5.03. The highest BCUT2D eigenvalue weighted by atomic mass is 14.9. The van der Waals surface area contributed by atoms with Gasteiger partial charge in [0, 0.05) is 11.0 Å². The van der Waals surface area contributed by atoms with Crippen LogP contribution in [0.15, 0.2) is 30.3 Å². The normalized spacial score (nSPS) is 15.3. The van der Waals surface area contributed by atoms with Gasteiger partial charge in [-0.25, -0.2) is 9.97 Å². The lowest BCUT2D eigenvalue weighted by Gasteiger charge is -2.33. The van der Waals surface area contributed by atoms with Gasteiger partial charge in [-0.2, -0.15) is 0 Å². The maximum atomic E-state index is 5.03. The van der Waals surface area contributed by atoms with Crippen LogP contribution in [-0.4, -0.2) is 9.97 Å². The van der Waals surface area contributed by atoms with Crippen molar-refractivity contribution in [3.63, 3.8) is 0 Å². The van der Waals surface area contributed by atoms with Crippen molar-refractivity contribution in [3.05, 3.63) is 58.3 Å². The third-order valence-electron chi connectivity index (χ3n) is 4.89. The van der Waals surface area contributed by atoms with Crippen LogP contribution in [0.4, 0.5) is 0 Å². The van der Waals surface area contributed by atoms with E-state index in [0.717, 1.165) is 28.8 Å². The van der Waals surface area contributed by atoms with Crippen LogP contribution >= 0.6 is 0 Å². The van der Waals surface area contributed by atoms with Crippen molar-refractivity contribution in [1.29, 1.82) is 0 Å². The largest absolute Gasteiger partial charge is 0.248 e. The van der Waals surface area contributed by atoms with Gasteiger partial charge in [-0.15, -0.1) is 0 Å². The molecule has 0 bridgehead atoms. The quantitative estimate of drug-likeness (QED) is 0.580. The first-order valence-electron chi connectivity index (χ1n) is 8.24. The highest BCUT2D eigenvalue weighted by Crippen LogP contribution is 2.43. The van der Waals surface area contributed by atoms with Crippen LogP contribution < -0.4 is 0 Å². The lowest BCUT2D eigenvalue weighted by molar-refractivity contribution is 0.499. The second kappa shape index (κ2) is 4.64. The number of hydrogen-bond donors (Lipinski definition) is 0. The molecular formula is C21H22N2. The summed E-state index contributed by atoms with van der Waals surface area (Å²) >= 11 is 0. The van der Waals surface area contributed by atoms with Gasteiger partial charge in [0.1, 0.15) is 0 Å². The minimum atomic E-state index is 0.00744. The van der Waals surface area contributed by atoms with Crippen molar-refractivity contribution < 1.29 is 0 Å². The molecular weight excluding hydrogens is 280 g/mol. The summed E-state index contributed by atoms with van der Waals surface area (Å²) in [6, 6.07) is 10.9. The molecule has 0 amide bonds. The van der Waals surface area contributed by atoms with E-state index < -0.39 is 0 Å². The minimum Gasteiger partial charge on any atom is -0.248 e. The molecule has 1 aromatic heterocycles. The molecule has 1 heterocycles. The average Bonchev–Trinajstić information content (AvgIpc) is 2.44. The first kappa shape index (κ1) is 14.4. The number of rotatable bonds is 0. The van der Waals surface area contributed by atoms with Crippen LogP contribution in [0, 0.1) is 20.8 Å². The zero-order valence-corrected chi connectivity index (χ0v) is 14.5. The molecule has 0 N–H and O–H groups in total. The van der Waals surface area contributed by atoms with Gasteiger partial charge in [-0.3, -0.25) is 0 Å². The molecule has 23 heavy (non-hydrogen) atoms. The molecule has 0 atom stereocenters. The molecule has 1 aliphatic rings. The summed E-state index contributed by atoms with van der Waals surface area (Å²) in [4.78, 5) is 10.1. The monoisotopic (exact) mass is 302 g/mol. The van der Waals surface area contributed by atoms with Gasteiger partial charge in [0.25, 0.3) is 0 Å². The minimum absolute atomic E-state index is 0.00744. The van der Waals surface area contributed by atoms with Crippen molar-refractivity contribution in [3.8, 4) is 11.3 Å². The molecule has 116 valence electrons. The number of benzene rings is 2. The summed E-state index contributed by atoms with van der Waals surface area (Å²) in [5.74, 6) is 0. The molecule has 0 aliphatic heterocycles. The third-order valence-corrected chi connectivity index (χ3v) is 4.89. The summed E-state index contributed by atoms with van der Waals surface area (Å²) < 4.78 is 0. The number of aryl methyl sites for hydroxylation is 3. The fourth-order valence-electron chi connectivity index (χ4n) is 3.90. The van der Waals surface area contributed by atoms with E-state index in [1.807, 2.05) is 0 Å². The van der Waals surface area contributed by atoms with E-state index in [9.17, 15) is 0 Å². The number of fused-ring (bicyclic) bond motifs is 4. The molecule has 2 nitrogen and oxygen atoms in total. The van der Waals surface area contributed by atoms with Crippen molar-refractivity contribution in [2.75, 3.05) is 0 Å². The van der Waals surface area contributed by atoms with Gasteiger partial charge >= 0.3 is 0 Å². The first-order chi connectivity index (χ1) is 10.8. The molecule has 0 radical (unpaired) electrons. The first-order valence-corrected chi connectivity index (χ1v) is 8.24. The van der Waals surface area contributed by atoms with Gasteiger partial charge in [0.15, 0.2) is 0 Å². The molecule has 4 rings (SSSR count). The average molecular weight is 302 g/mol. The van der Waals surface area contributed by atoms with Crippen LogP contribution in [-0.2, 0) is 11.8 Å². The number of hydrogen-bond acceptors (Lipinski definition) is 2. The predicted octanol–water partition coefficient (Wildman–Crippen LogP) is 5.06. The Morgan fingerprint density at radius 2 is 1.65 bits per heavy atom. The molecule has 0 spiro atoms. The summed E-state index contributed by atoms with van der Waals surface area (Å²) in [5, 5.41) is 0. The molecule has 1 aliphatic carbocycles. The third kappa shape index (κ3) is 2.16. The Hall–Kier alpha value is -2.22. The maximum Gasteiger partial charge on any atom is 0.0936 e. The van der Waals surface area contributed by atoms with Crippen molar-refractivity contribution in [1.82, 2.24) is 9.97 Å². The van der Waals surface area contributed by atoms with Crippen molar-refractivity contribution >= 4 is 11.0 Å². The smallest absolute Gasteiger partial charge is 0.0936 e. The second-order valence-electron chi connectivity index (χ2n) is 7.59. The zero-order valence-electron chi connectivity index (χ0n) is 14.5. The van der Waals surface area contributed by atoms with Crippen LogP contribution in [0.1, 0.15) is 41.8 Å². The van der Waals surface area contributed by atoms with E-state index in [4.69, 9.17) is 9.97 Å². The highest BCUT2D eigenvalue weighted by Gasteiger charge is 2.34. The Bertz CT molecular complexity index is 952. The molecule has 0 saturated carbocycles. The Balaban J connectivity index is 2.11. The summed E-state index contributed by atoms with van der Waals surface area (Å²) in [5.41, 5.74) is 10.8. The topological polar surface area (TPSA) is 25.8 Å². The van der Waals surface area contributed by atoms with Crippen molar-refractivity contribution in [2.24, 2.45) is 0 Å². The van der Waals surface area contributed by atoms with E-state index in [1.54, 1.807) is 0 Å². The standard InChI is InChI=1S/C21H22N2/c1-12-6-7-16-17(10-12)23-20-19(22-16)18-14(3)8-13(2)9-15(18)11-21(20,4)5/h6-10H,11H2,1-5H3. The molecule has 2 heteroatoms. The van der Waals surface area contributed by atoms with Gasteiger partial charge < -0.3 is 0 Å². The highest BCUT2D eigenvalue weighted by molar-refractivity contribution is 5.82. The van der Waals surface area contributed by atoms with Crippen LogP contribution in [0.25, 0.3) is 22.3 Å². The van der Waals surface area contributed by atoms with Crippen LogP contribution in [0.5, 0.6) is 0 Å². The molecule has 0 saturated heterocycles. The van der Waals surface area contributed by atoms with Gasteiger partial charge in [-0.05, 0) is 56.0 Å². The predicted molar refractivity (Wildman–Crippen MR) is 95.9 cm³/mol. The molecule has 3 aromatic rings. The number of nitrogens with zero attached hydrogens (tertiary/aromatic N) is 2. The van der Waals surface area contributed by atoms with Crippen LogP contribution in [0.3, 0.4) is 0 Å².